The number of aliphatic carboxylic acids is 1. The van der Waals surface area contributed by atoms with E-state index in [4.69, 9.17) is 5.11 Å². The summed E-state index contributed by atoms with van der Waals surface area (Å²) >= 11 is 0. The monoisotopic (exact) mass is 265 g/mol. The number of benzene rings is 1. The summed E-state index contributed by atoms with van der Waals surface area (Å²) in [5.41, 5.74) is 0.455. The van der Waals surface area contributed by atoms with Crippen LogP contribution >= 0.6 is 0 Å². The van der Waals surface area contributed by atoms with Crippen molar-refractivity contribution in [2.75, 3.05) is 6.54 Å². The van der Waals surface area contributed by atoms with Gasteiger partial charge in [0.1, 0.15) is 5.82 Å². The molecule has 19 heavy (non-hydrogen) atoms. The smallest absolute Gasteiger partial charge is 0.308 e. The fourth-order valence-electron chi connectivity index (χ4n) is 2.03. The number of carbonyl (C=O) groups excluding carboxylic acids is 2. The van der Waals surface area contributed by atoms with Crippen LogP contribution < -0.4 is 0 Å². The van der Waals surface area contributed by atoms with Crippen molar-refractivity contribution in [3.8, 4) is 0 Å². The first-order valence-electron chi connectivity index (χ1n) is 5.78. The first-order chi connectivity index (χ1) is 8.97. The first-order valence-corrected chi connectivity index (χ1v) is 5.78. The minimum absolute atomic E-state index is 0.109. The number of hydrogen-bond acceptors (Lipinski definition) is 3. The standard InChI is InChI=1S/C13H12FNO4/c14-10-3-1-2-8(4-10)5-11(16)15-7-9(13(18)19)6-12(15)17/h1-4,9H,5-7H2,(H,18,19). The van der Waals surface area contributed by atoms with Gasteiger partial charge in [-0.05, 0) is 17.7 Å². The van der Waals surface area contributed by atoms with Crippen LogP contribution in [0.5, 0.6) is 0 Å². The van der Waals surface area contributed by atoms with Crippen LogP contribution in [0.25, 0.3) is 0 Å². The molecule has 1 aromatic carbocycles. The molecule has 1 aromatic rings. The summed E-state index contributed by atoms with van der Waals surface area (Å²) in [5.74, 6) is -3.38. The summed E-state index contributed by atoms with van der Waals surface area (Å²) in [7, 11) is 0. The Morgan fingerprint density at radius 1 is 1.42 bits per heavy atom. The molecular formula is C13H12FNO4. The molecule has 0 aliphatic carbocycles. The third-order valence-electron chi connectivity index (χ3n) is 3.02. The van der Waals surface area contributed by atoms with Crippen molar-refractivity contribution < 1.29 is 23.9 Å². The lowest BCUT2D eigenvalue weighted by atomic mass is 10.1. The van der Waals surface area contributed by atoms with E-state index in [0.717, 1.165) is 4.90 Å². The highest BCUT2D eigenvalue weighted by Gasteiger charge is 2.37. The van der Waals surface area contributed by atoms with Crippen molar-refractivity contribution in [1.82, 2.24) is 4.90 Å². The van der Waals surface area contributed by atoms with Crippen molar-refractivity contribution in [3.63, 3.8) is 0 Å². The lowest BCUT2D eigenvalue weighted by molar-refractivity contribution is -0.141. The van der Waals surface area contributed by atoms with E-state index < -0.39 is 29.5 Å². The molecule has 0 bridgehead atoms. The number of halogens is 1. The molecule has 2 amide bonds. The average molecular weight is 265 g/mol. The van der Waals surface area contributed by atoms with Crippen molar-refractivity contribution >= 4 is 17.8 Å². The number of nitrogens with zero attached hydrogens (tertiary/aromatic N) is 1. The summed E-state index contributed by atoms with van der Waals surface area (Å²) in [6.45, 7) is -0.109. The van der Waals surface area contributed by atoms with Gasteiger partial charge in [-0.15, -0.1) is 0 Å². The van der Waals surface area contributed by atoms with Gasteiger partial charge in [0.2, 0.25) is 11.8 Å². The third-order valence-corrected chi connectivity index (χ3v) is 3.02. The van der Waals surface area contributed by atoms with Crippen LogP contribution in [-0.2, 0) is 20.8 Å². The van der Waals surface area contributed by atoms with Gasteiger partial charge in [-0.3, -0.25) is 19.3 Å². The molecule has 1 saturated heterocycles. The predicted molar refractivity (Wildman–Crippen MR) is 62.6 cm³/mol. The van der Waals surface area contributed by atoms with Gasteiger partial charge in [0.05, 0.1) is 12.3 Å². The van der Waals surface area contributed by atoms with Gasteiger partial charge in [-0.2, -0.15) is 0 Å². The van der Waals surface area contributed by atoms with Crippen molar-refractivity contribution in [2.24, 2.45) is 5.92 Å². The number of amides is 2. The molecule has 0 aromatic heterocycles. The van der Waals surface area contributed by atoms with Gasteiger partial charge in [0.25, 0.3) is 0 Å². The molecule has 1 aliphatic rings. The third kappa shape index (κ3) is 2.96. The number of carboxylic acids is 1. The van der Waals surface area contributed by atoms with Crippen LogP contribution in [-0.4, -0.2) is 34.3 Å². The van der Waals surface area contributed by atoms with E-state index in [0.29, 0.717) is 5.56 Å². The zero-order chi connectivity index (χ0) is 14.0. The van der Waals surface area contributed by atoms with Gasteiger partial charge < -0.3 is 5.11 Å². The van der Waals surface area contributed by atoms with Crippen molar-refractivity contribution in [1.29, 1.82) is 0 Å². The number of carbonyl (C=O) groups is 3. The van der Waals surface area contributed by atoms with Crippen LogP contribution in [0.1, 0.15) is 12.0 Å². The molecular weight excluding hydrogens is 253 g/mol. The Labute approximate surface area is 108 Å². The fourth-order valence-corrected chi connectivity index (χ4v) is 2.03. The predicted octanol–water partition coefficient (Wildman–Crippen LogP) is 0.828. The summed E-state index contributed by atoms with van der Waals surface area (Å²) < 4.78 is 13.0. The van der Waals surface area contributed by atoms with Gasteiger partial charge in [-0.25, -0.2) is 4.39 Å². The summed E-state index contributed by atoms with van der Waals surface area (Å²) in [4.78, 5) is 35.2. The van der Waals surface area contributed by atoms with E-state index in [-0.39, 0.29) is 19.4 Å². The fraction of sp³-hybridized carbons (Fsp3) is 0.308. The normalized spacial score (nSPS) is 18.7. The van der Waals surface area contributed by atoms with E-state index in [2.05, 4.69) is 0 Å². The molecule has 2 rings (SSSR count). The summed E-state index contributed by atoms with van der Waals surface area (Å²) in [5, 5.41) is 8.82. The summed E-state index contributed by atoms with van der Waals surface area (Å²) in [6.07, 6.45) is -0.278. The van der Waals surface area contributed by atoms with Crippen LogP contribution in [0.3, 0.4) is 0 Å². The van der Waals surface area contributed by atoms with E-state index in [9.17, 15) is 18.8 Å². The van der Waals surface area contributed by atoms with Gasteiger partial charge in [0.15, 0.2) is 0 Å². The van der Waals surface area contributed by atoms with Gasteiger partial charge >= 0.3 is 5.97 Å². The number of rotatable bonds is 3. The largest absolute Gasteiger partial charge is 0.481 e. The van der Waals surface area contributed by atoms with Gasteiger partial charge in [-0.1, -0.05) is 12.1 Å². The highest BCUT2D eigenvalue weighted by molar-refractivity contribution is 5.99. The Balaban J connectivity index is 2.05. The minimum atomic E-state index is -1.09. The minimum Gasteiger partial charge on any atom is -0.481 e. The maximum atomic E-state index is 13.0. The maximum Gasteiger partial charge on any atom is 0.308 e. The molecule has 0 radical (unpaired) electrons. The zero-order valence-corrected chi connectivity index (χ0v) is 10.0. The average Bonchev–Trinajstić information content (AvgIpc) is 2.71. The molecule has 1 atom stereocenters. The van der Waals surface area contributed by atoms with E-state index in [1.54, 1.807) is 6.07 Å². The topological polar surface area (TPSA) is 74.7 Å². The number of carboxylic acid groups (broad SMARTS) is 1. The highest BCUT2D eigenvalue weighted by Crippen LogP contribution is 2.19. The molecule has 1 N–H and O–H groups in total. The Hall–Kier alpha value is -2.24. The SMILES string of the molecule is O=C(O)C1CC(=O)N(C(=O)Cc2cccc(F)c2)C1. The molecule has 0 spiro atoms. The van der Waals surface area contributed by atoms with E-state index in [1.165, 1.54) is 18.2 Å². The van der Waals surface area contributed by atoms with Gasteiger partial charge in [0, 0.05) is 13.0 Å². The molecule has 0 saturated carbocycles. The lowest BCUT2D eigenvalue weighted by Gasteiger charge is -2.13. The second-order valence-corrected chi connectivity index (χ2v) is 4.44. The number of hydrogen-bond donors (Lipinski definition) is 1. The second-order valence-electron chi connectivity index (χ2n) is 4.44. The molecule has 1 heterocycles. The number of imide groups is 1. The van der Waals surface area contributed by atoms with Crippen LogP contribution in [0.4, 0.5) is 4.39 Å². The Morgan fingerprint density at radius 3 is 2.74 bits per heavy atom. The lowest BCUT2D eigenvalue weighted by Crippen LogP contribution is -2.34. The van der Waals surface area contributed by atoms with Crippen LogP contribution in [0.2, 0.25) is 0 Å². The van der Waals surface area contributed by atoms with Crippen LogP contribution in [0.15, 0.2) is 24.3 Å². The van der Waals surface area contributed by atoms with Crippen molar-refractivity contribution in [2.45, 2.75) is 12.8 Å². The molecule has 1 fully saturated rings. The molecule has 1 unspecified atom stereocenters. The van der Waals surface area contributed by atoms with E-state index >= 15 is 0 Å². The molecule has 5 nitrogen and oxygen atoms in total. The van der Waals surface area contributed by atoms with Crippen LogP contribution in [0, 0.1) is 11.7 Å². The first kappa shape index (κ1) is 13.2. The maximum absolute atomic E-state index is 13.0. The Bertz CT molecular complexity index is 543. The molecule has 6 heteroatoms. The zero-order valence-electron chi connectivity index (χ0n) is 10.0. The second kappa shape index (κ2) is 5.17. The summed E-state index contributed by atoms with van der Waals surface area (Å²) in [6, 6.07) is 5.53. The highest BCUT2D eigenvalue weighted by atomic mass is 19.1. The Kier molecular flexibility index (Phi) is 3.59. The quantitative estimate of drug-likeness (QED) is 0.878. The molecule has 100 valence electrons. The van der Waals surface area contributed by atoms with E-state index in [1.807, 2.05) is 0 Å². The molecule has 1 aliphatic heterocycles. The Morgan fingerprint density at radius 2 is 2.16 bits per heavy atom. The number of likely N-dealkylation sites (tertiary alicyclic amines) is 1. The van der Waals surface area contributed by atoms with Crippen molar-refractivity contribution in [3.05, 3.63) is 35.6 Å².